The van der Waals surface area contributed by atoms with Crippen LogP contribution in [0.5, 0.6) is 0 Å². The van der Waals surface area contributed by atoms with E-state index in [1.807, 2.05) is 6.92 Å². The molecule has 0 aliphatic rings. The second-order valence-electron chi connectivity index (χ2n) is 6.77. The number of carbonyl (C=O) groups excluding carboxylic acids is 3. The maximum absolute atomic E-state index is 12.9. The second-order valence-corrected chi connectivity index (χ2v) is 8.71. The quantitative estimate of drug-likeness (QED) is 0.209. The van der Waals surface area contributed by atoms with E-state index in [0.717, 1.165) is 23.7 Å². The van der Waals surface area contributed by atoms with E-state index in [1.54, 1.807) is 12.1 Å². The van der Waals surface area contributed by atoms with Crippen molar-refractivity contribution in [1.82, 2.24) is 4.31 Å². The summed E-state index contributed by atoms with van der Waals surface area (Å²) in [6.45, 7) is 4.63. The van der Waals surface area contributed by atoms with E-state index in [2.05, 4.69) is 5.92 Å². The number of esters is 3. The van der Waals surface area contributed by atoms with Crippen molar-refractivity contribution in [3.63, 3.8) is 0 Å². The minimum atomic E-state index is -3.88. The molecule has 9 nitrogen and oxygen atoms in total. The Morgan fingerprint density at radius 3 is 2.16 bits per heavy atom. The summed E-state index contributed by atoms with van der Waals surface area (Å²) in [5, 5.41) is 0. The maximum atomic E-state index is 12.9. The van der Waals surface area contributed by atoms with Gasteiger partial charge in [0.25, 0.3) is 0 Å². The molecule has 0 radical (unpaired) electrons. The van der Waals surface area contributed by atoms with Gasteiger partial charge in [-0.05, 0) is 25.1 Å². The van der Waals surface area contributed by atoms with Gasteiger partial charge in [0.15, 0.2) is 12.2 Å². The molecule has 0 amide bonds. The molecule has 0 aromatic heterocycles. The standard InChI is InChI=1S/C22H27NO8S/c1-6-13-23(32(27,28)20-11-9-16(2)10-12-20)14-7-8-21(30-18(4)25)22(31-19(5)26)15-29-17(3)24/h1,7-12,21-22H,13-15H2,2-5H3/b8-7+/t21-,22+/m1/s1. The summed E-state index contributed by atoms with van der Waals surface area (Å²) in [4.78, 5) is 34.2. The van der Waals surface area contributed by atoms with Crippen LogP contribution >= 0.6 is 0 Å². The topological polar surface area (TPSA) is 116 Å². The molecule has 0 heterocycles. The Balaban J connectivity index is 3.11. The fraction of sp³-hybridized carbons (Fsp3) is 0.409. The summed E-state index contributed by atoms with van der Waals surface area (Å²) in [5.41, 5.74) is 0.904. The highest BCUT2D eigenvalue weighted by Crippen LogP contribution is 2.17. The number of aryl methyl sites for hydroxylation is 1. The van der Waals surface area contributed by atoms with Crippen LogP contribution < -0.4 is 0 Å². The van der Waals surface area contributed by atoms with Gasteiger partial charge in [0.2, 0.25) is 10.0 Å². The van der Waals surface area contributed by atoms with Gasteiger partial charge in [0, 0.05) is 27.3 Å². The summed E-state index contributed by atoms with van der Waals surface area (Å²) >= 11 is 0. The molecule has 0 aliphatic heterocycles. The number of benzene rings is 1. The van der Waals surface area contributed by atoms with Crippen LogP contribution in [0.2, 0.25) is 0 Å². The molecule has 174 valence electrons. The molecule has 0 spiro atoms. The number of rotatable bonds is 11. The van der Waals surface area contributed by atoms with E-state index in [4.69, 9.17) is 20.6 Å². The number of terminal acetylenes is 1. The molecule has 32 heavy (non-hydrogen) atoms. The lowest BCUT2D eigenvalue weighted by Gasteiger charge is -2.24. The lowest BCUT2D eigenvalue weighted by Crippen LogP contribution is -2.37. The van der Waals surface area contributed by atoms with E-state index in [0.29, 0.717) is 0 Å². The van der Waals surface area contributed by atoms with Crippen molar-refractivity contribution in [2.75, 3.05) is 19.7 Å². The zero-order valence-corrected chi connectivity index (χ0v) is 19.3. The molecule has 0 saturated heterocycles. The van der Waals surface area contributed by atoms with Gasteiger partial charge < -0.3 is 14.2 Å². The zero-order chi connectivity index (χ0) is 24.3. The monoisotopic (exact) mass is 465 g/mol. The van der Waals surface area contributed by atoms with Crippen molar-refractivity contribution >= 4 is 27.9 Å². The Morgan fingerprint density at radius 2 is 1.66 bits per heavy atom. The first-order valence-electron chi connectivity index (χ1n) is 9.62. The summed E-state index contributed by atoms with van der Waals surface area (Å²) in [6, 6.07) is 6.31. The molecular weight excluding hydrogens is 438 g/mol. The fourth-order valence-electron chi connectivity index (χ4n) is 2.56. The number of nitrogens with zero attached hydrogens (tertiary/aromatic N) is 1. The normalized spacial score (nSPS) is 13.2. The first-order valence-corrected chi connectivity index (χ1v) is 11.1. The average Bonchev–Trinajstić information content (AvgIpc) is 2.69. The van der Waals surface area contributed by atoms with Crippen molar-refractivity contribution in [3.05, 3.63) is 42.0 Å². The third-order valence-electron chi connectivity index (χ3n) is 4.00. The van der Waals surface area contributed by atoms with E-state index in [-0.39, 0.29) is 24.6 Å². The minimum Gasteiger partial charge on any atom is -0.462 e. The summed E-state index contributed by atoms with van der Waals surface area (Å²) < 4.78 is 42.1. The number of carbonyl (C=O) groups is 3. The summed E-state index contributed by atoms with van der Waals surface area (Å²) in [6.07, 6.45) is 5.87. The van der Waals surface area contributed by atoms with Gasteiger partial charge in [-0.25, -0.2) is 8.42 Å². The van der Waals surface area contributed by atoms with Crippen LogP contribution in [0.15, 0.2) is 41.3 Å². The van der Waals surface area contributed by atoms with E-state index in [9.17, 15) is 22.8 Å². The van der Waals surface area contributed by atoms with E-state index >= 15 is 0 Å². The maximum Gasteiger partial charge on any atom is 0.303 e. The van der Waals surface area contributed by atoms with Gasteiger partial charge >= 0.3 is 17.9 Å². The van der Waals surface area contributed by atoms with Crippen LogP contribution in [-0.4, -0.2) is 62.5 Å². The third kappa shape index (κ3) is 8.91. The van der Waals surface area contributed by atoms with Crippen molar-refractivity contribution in [1.29, 1.82) is 0 Å². The Hall–Kier alpha value is -3.16. The van der Waals surface area contributed by atoms with Gasteiger partial charge in [-0.15, -0.1) is 6.42 Å². The van der Waals surface area contributed by atoms with Crippen molar-refractivity contribution in [3.8, 4) is 12.3 Å². The molecule has 1 aromatic rings. The van der Waals surface area contributed by atoms with Crippen LogP contribution in [0.1, 0.15) is 26.3 Å². The molecule has 0 saturated carbocycles. The average molecular weight is 466 g/mol. The number of hydrogen-bond donors (Lipinski definition) is 0. The van der Waals surface area contributed by atoms with Gasteiger partial charge in [-0.2, -0.15) is 4.31 Å². The Labute approximate surface area is 188 Å². The first-order chi connectivity index (χ1) is 15.0. The van der Waals surface area contributed by atoms with E-state index < -0.39 is 40.1 Å². The van der Waals surface area contributed by atoms with Gasteiger partial charge in [0.05, 0.1) is 11.4 Å². The van der Waals surface area contributed by atoms with Crippen LogP contribution in [0.25, 0.3) is 0 Å². The molecule has 10 heteroatoms. The van der Waals surface area contributed by atoms with Crippen LogP contribution in [0, 0.1) is 19.3 Å². The molecule has 0 bridgehead atoms. The molecule has 1 aromatic carbocycles. The number of sulfonamides is 1. The smallest absolute Gasteiger partial charge is 0.303 e. The lowest BCUT2D eigenvalue weighted by atomic mass is 10.2. The molecule has 1 rings (SSSR count). The second kappa shape index (κ2) is 12.6. The summed E-state index contributed by atoms with van der Waals surface area (Å²) in [5.74, 6) is 0.343. The first kappa shape index (κ1) is 26.9. The molecule has 0 N–H and O–H groups in total. The number of ether oxygens (including phenoxy) is 3. The lowest BCUT2D eigenvalue weighted by molar-refractivity contribution is -0.169. The number of hydrogen-bond acceptors (Lipinski definition) is 8. The zero-order valence-electron chi connectivity index (χ0n) is 18.4. The molecule has 0 aliphatic carbocycles. The van der Waals surface area contributed by atoms with Crippen molar-refractivity contribution in [2.45, 2.75) is 44.8 Å². The van der Waals surface area contributed by atoms with Gasteiger partial charge in [-0.3, -0.25) is 14.4 Å². The summed E-state index contributed by atoms with van der Waals surface area (Å²) in [7, 11) is -3.88. The molecule has 0 unspecified atom stereocenters. The SMILES string of the molecule is C#CCN(C/C=C/[C@@H](OC(C)=O)[C@H](COC(C)=O)OC(C)=O)S(=O)(=O)c1ccc(C)cc1. The molecule has 0 fully saturated rings. The Morgan fingerprint density at radius 1 is 1.06 bits per heavy atom. The Bertz CT molecular complexity index is 976. The fourth-order valence-corrected chi connectivity index (χ4v) is 3.87. The highest BCUT2D eigenvalue weighted by molar-refractivity contribution is 7.89. The van der Waals surface area contributed by atoms with Crippen molar-refractivity contribution in [2.24, 2.45) is 0 Å². The molecular formula is C22H27NO8S. The highest BCUT2D eigenvalue weighted by atomic mass is 32.2. The predicted molar refractivity (Wildman–Crippen MR) is 116 cm³/mol. The van der Waals surface area contributed by atoms with Crippen LogP contribution in [0.3, 0.4) is 0 Å². The highest BCUT2D eigenvalue weighted by Gasteiger charge is 2.27. The minimum absolute atomic E-state index is 0.0796. The van der Waals surface area contributed by atoms with Gasteiger partial charge in [-0.1, -0.05) is 29.7 Å². The van der Waals surface area contributed by atoms with Gasteiger partial charge in [0.1, 0.15) is 6.61 Å². The van der Waals surface area contributed by atoms with Crippen LogP contribution in [-0.2, 0) is 38.6 Å². The van der Waals surface area contributed by atoms with E-state index in [1.165, 1.54) is 31.2 Å². The van der Waals surface area contributed by atoms with Crippen LogP contribution in [0.4, 0.5) is 0 Å². The predicted octanol–water partition coefficient (Wildman–Crippen LogP) is 1.60. The Kier molecular flexibility index (Phi) is 10.6. The third-order valence-corrected chi connectivity index (χ3v) is 5.82. The largest absolute Gasteiger partial charge is 0.462 e. The molecule has 2 atom stereocenters. The van der Waals surface area contributed by atoms with Crippen molar-refractivity contribution < 1.29 is 37.0 Å².